The van der Waals surface area contributed by atoms with Crippen LogP contribution in [0.4, 0.5) is 0 Å². The SMILES string of the molecule is C=C(C)C.S=c1ccss1. The molecule has 10 heavy (non-hydrogen) atoms. The number of allylic oxidation sites excluding steroid dienone is 1. The minimum absolute atomic E-state index is 0.986. The van der Waals surface area contributed by atoms with Crippen LogP contribution in [0.15, 0.2) is 23.6 Å². The molecule has 0 fully saturated rings. The lowest BCUT2D eigenvalue weighted by Crippen LogP contribution is -1.43. The molecule has 0 unspecified atom stereocenters. The summed E-state index contributed by atoms with van der Waals surface area (Å²) >= 11 is 4.77. The average molecular weight is 190 g/mol. The maximum absolute atomic E-state index is 4.77. The van der Waals surface area contributed by atoms with Crippen LogP contribution < -0.4 is 0 Å². The van der Waals surface area contributed by atoms with Gasteiger partial charge in [-0.25, -0.2) is 0 Å². The van der Waals surface area contributed by atoms with Crippen LogP contribution in [0.1, 0.15) is 13.8 Å². The molecular formula is C7H10S3. The molecule has 0 atom stereocenters. The van der Waals surface area contributed by atoms with Crippen LogP contribution in [-0.4, -0.2) is 0 Å². The van der Waals surface area contributed by atoms with E-state index in [9.17, 15) is 0 Å². The van der Waals surface area contributed by atoms with E-state index in [1.165, 1.54) is 5.57 Å². The summed E-state index contributed by atoms with van der Waals surface area (Å²) in [6.07, 6.45) is 0. The summed E-state index contributed by atoms with van der Waals surface area (Å²) in [5.41, 5.74) is 1.17. The van der Waals surface area contributed by atoms with Gasteiger partial charge in [0.1, 0.15) is 3.82 Å². The summed E-state index contributed by atoms with van der Waals surface area (Å²) in [4.78, 5) is 0. The van der Waals surface area contributed by atoms with Crippen LogP contribution in [0.25, 0.3) is 0 Å². The highest BCUT2D eigenvalue weighted by molar-refractivity contribution is 7.79. The molecule has 0 aliphatic heterocycles. The van der Waals surface area contributed by atoms with Gasteiger partial charge in [0.2, 0.25) is 0 Å². The van der Waals surface area contributed by atoms with Crippen molar-refractivity contribution < 1.29 is 0 Å². The van der Waals surface area contributed by atoms with E-state index in [2.05, 4.69) is 6.58 Å². The zero-order valence-electron chi connectivity index (χ0n) is 6.09. The van der Waals surface area contributed by atoms with E-state index in [-0.39, 0.29) is 0 Å². The zero-order chi connectivity index (χ0) is 7.98. The Balaban J connectivity index is 0.000000180. The molecule has 1 heterocycles. The van der Waals surface area contributed by atoms with E-state index in [1.54, 1.807) is 20.7 Å². The molecule has 0 N–H and O–H groups in total. The van der Waals surface area contributed by atoms with Gasteiger partial charge in [0.05, 0.1) is 0 Å². The largest absolute Gasteiger partial charge is 0.101 e. The van der Waals surface area contributed by atoms with Crippen molar-refractivity contribution in [3.05, 3.63) is 27.4 Å². The molecule has 0 aliphatic rings. The van der Waals surface area contributed by atoms with E-state index in [0.717, 1.165) is 3.82 Å². The lowest BCUT2D eigenvalue weighted by molar-refractivity contribution is 1.42. The van der Waals surface area contributed by atoms with E-state index in [0.29, 0.717) is 0 Å². The fourth-order valence-electron chi connectivity index (χ4n) is 0.186. The fraction of sp³-hybridized carbons (Fsp3) is 0.286. The molecule has 0 bridgehead atoms. The standard InChI is InChI=1S/C4H8.C3H2S3/c1-4(2)3;4-3-1-2-5-6-3/h1H2,2-3H3;1-2H. The molecule has 0 nitrogen and oxygen atoms in total. The molecule has 0 amide bonds. The van der Waals surface area contributed by atoms with Crippen LogP contribution >= 0.6 is 32.9 Å². The Bertz CT molecular complexity index is 210. The molecule has 0 aromatic carbocycles. The van der Waals surface area contributed by atoms with Crippen molar-refractivity contribution in [3.8, 4) is 0 Å². The monoisotopic (exact) mass is 190 g/mol. The Labute approximate surface area is 74.2 Å². The number of rotatable bonds is 0. The predicted octanol–water partition coefficient (Wildman–Crippen LogP) is 4.12. The Hall–Kier alpha value is 0.01000. The summed E-state index contributed by atoms with van der Waals surface area (Å²) < 4.78 is 0.986. The Morgan fingerprint density at radius 1 is 1.60 bits per heavy atom. The smallest absolute Gasteiger partial charge is 0.100 e. The predicted molar refractivity (Wildman–Crippen MR) is 53.5 cm³/mol. The van der Waals surface area contributed by atoms with Crippen LogP contribution in [0.3, 0.4) is 0 Å². The van der Waals surface area contributed by atoms with E-state index >= 15 is 0 Å². The van der Waals surface area contributed by atoms with Crippen molar-refractivity contribution in [1.29, 1.82) is 0 Å². The Morgan fingerprint density at radius 3 is 2.20 bits per heavy atom. The van der Waals surface area contributed by atoms with Gasteiger partial charge in [-0.1, -0.05) is 38.5 Å². The highest BCUT2D eigenvalue weighted by Gasteiger charge is 1.70. The highest BCUT2D eigenvalue weighted by atomic mass is 32.9. The highest BCUT2D eigenvalue weighted by Crippen LogP contribution is 2.07. The first-order valence-electron chi connectivity index (χ1n) is 2.79. The zero-order valence-corrected chi connectivity index (χ0v) is 8.54. The minimum Gasteiger partial charge on any atom is -0.100 e. The van der Waals surface area contributed by atoms with E-state index < -0.39 is 0 Å². The van der Waals surface area contributed by atoms with Gasteiger partial charge in [0.15, 0.2) is 0 Å². The molecule has 1 aromatic rings. The summed E-state index contributed by atoms with van der Waals surface area (Å²) in [6, 6.07) is 1.94. The topological polar surface area (TPSA) is 0 Å². The lowest BCUT2D eigenvalue weighted by Gasteiger charge is -1.65. The molecule has 0 aliphatic carbocycles. The molecule has 0 saturated carbocycles. The summed E-state index contributed by atoms with van der Waals surface area (Å²) in [6.45, 7) is 7.50. The van der Waals surface area contributed by atoms with Gasteiger partial charge in [-0.15, -0.1) is 6.58 Å². The molecule has 0 radical (unpaired) electrons. The lowest BCUT2D eigenvalue weighted by atomic mass is 10.4. The van der Waals surface area contributed by atoms with Crippen molar-refractivity contribution in [2.45, 2.75) is 13.8 Å². The van der Waals surface area contributed by atoms with Gasteiger partial charge in [-0.3, -0.25) is 0 Å². The quantitative estimate of drug-likeness (QED) is 0.337. The molecule has 0 saturated heterocycles. The van der Waals surface area contributed by atoms with Gasteiger partial charge in [0.25, 0.3) is 0 Å². The fourth-order valence-corrected chi connectivity index (χ4v) is 2.03. The van der Waals surface area contributed by atoms with E-state index in [1.807, 2.05) is 25.3 Å². The van der Waals surface area contributed by atoms with Crippen LogP contribution in [-0.2, 0) is 0 Å². The second kappa shape index (κ2) is 5.77. The van der Waals surface area contributed by atoms with Gasteiger partial charge in [-0.2, -0.15) is 0 Å². The third kappa shape index (κ3) is 8.01. The van der Waals surface area contributed by atoms with Crippen LogP contribution in [0.5, 0.6) is 0 Å². The summed E-state index contributed by atoms with van der Waals surface area (Å²) in [7, 11) is 3.31. The van der Waals surface area contributed by atoms with Gasteiger partial charge in [0, 0.05) is 5.38 Å². The first-order chi connectivity index (χ1) is 4.63. The van der Waals surface area contributed by atoms with Gasteiger partial charge >= 0.3 is 0 Å². The van der Waals surface area contributed by atoms with Gasteiger partial charge in [-0.05, 0) is 19.9 Å². The molecule has 1 aromatic heterocycles. The maximum atomic E-state index is 4.77. The first kappa shape index (κ1) is 10.0. The van der Waals surface area contributed by atoms with Crippen LogP contribution in [0.2, 0.25) is 0 Å². The van der Waals surface area contributed by atoms with Crippen molar-refractivity contribution >= 4 is 32.9 Å². The number of hydrogen-bond acceptors (Lipinski definition) is 3. The normalized spacial score (nSPS) is 7.80. The molecule has 0 spiro atoms. The van der Waals surface area contributed by atoms with Crippen molar-refractivity contribution in [2.75, 3.05) is 0 Å². The summed E-state index contributed by atoms with van der Waals surface area (Å²) in [5.74, 6) is 0. The molecule has 56 valence electrons. The number of hydrogen-bond donors (Lipinski definition) is 0. The Kier molecular flexibility index (Phi) is 5.78. The minimum atomic E-state index is 0.986. The van der Waals surface area contributed by atoms with Gasteiger partial charge < -0.3 is 0 Å². The Morgan fingerprint density at radius 2 is 2.10 bits per heavy atom. The average Bonchev–Trinajstić information content (AvgIpc) is 2.15. The van der Waals surface area contributed by atoms with Crippen molar-refractivity contribution in [1.82, 2.24) is 0 Å². The molecular weight excluding hydrogens is 180 g/mol. The van der Waals surface area contributed by atoms with Crippen LogP contribution in [0, 0.1) is 3.82 Å². The second-order valence-electron chi connectivity index (χ2n) is 2.01. The second-order valence-corrected chi connectivity index (χ2v) is 4.86. The molecule has 3 heteroatoms. The van der Waals surface area contributed by atoms with Crippen molar-refractivity contribution in [2.24, 2.45) is 0 Å². The first-order valence-corrected chi connectivity index (χ1v) is 5.41. The third-order valence-corrected chi connectivity index (χ3v) is 2.90. The molecule has 1 rings (SSSR count). The maximum Gasteiger partial charge on any atom is 0.101 e. The third-order valence-electron chi connectivity index (χ3n) is 0.390. The van der Waals surface area contributed by atoms with E-state index in [4.69, 9.17) is 12.2 Å². The van der Waals surface area contributed by atoms with Crippen molar-refractivity contribution in [3.63, 3.8) is 0 Å². The summed E-state index contributed by atoms with van der Waals surface area (Å²) in [5, 5.41) is 1.99.